The first kappa shape index (κ1) is 21.6. The predicted molar refractivity (Wildman–Crippen MR) is 114 cm³/mol. The Balaban J connectivity index is 0.000000615. The molecule has 1 unspecified atom stereocenters. The van der Waals surface area contributed by atoms with Crippen LogP contribution in [0.1, 0.15) is 52.3 Å². The Morgan fingerprint density at radius 2 is 1.77 bits per heavy atom. The lowest BCUT2D eigenvalue weighted by Crippen LogP contribution is -2.10. The van der Waals surface area contributed by atoms with Gasteiger partial charge in [0, 0.05) is 18.2 Å². The second kappa shape index (κ2) is 10.5. The summed E-state index contributed by atoms with van der Waals surface area (Å²) in [5.74, 6) is 0.375. The molecular weight excluding hydrogens is 318 g/mol. The maximum Gasteiger partial charge on any atom is 0.121 e. The Morgan fingerprint density at radius 1 is 1.15 bits per heavy atom. The van der Waals surface area contributed by atoms with E-state index in [2.05, 4.69) is 68.5 Å². The third-order valence-electron chi connectivity index (χ3n) is 4.15. The van der Waals surface area contributed by atoms with Gasteiger partial charge in [0.2, 0.25) is 0 Å². The van der Waals surface area contributed by atoms with E-state index in [-0.39, 0.29) is 0 Å². The first-order chi connectivity index (χ1) is 12.6. The van der Waals surface area contributed by atoms with Gasteiger partial charge >= 0.3 is 0 Å². The molecule has 3 rings (SSSR count). The summed E-state index contributed by atoms with van der Waals surface area (Å²) in [5.41, 5.74) is 6.68. The fourth-order valence-electron chi connectivity index (χ4n) is 3.14. The summed E-state index contributed by atoms with van der Waals surface area (Å²) in [6.45, 7) is 18.5. The highest BCUT2D eigenvalue weighted by molar-refractivity contribution is 5.86. The highest BCUT2D eigenvalue weighted by Gasteiger charge is 2.24. The van der Waals surface area contributed by atoms with Crippen LogP contribution in [0.15, 0.2) is 55.1 Å². The summed E-state index contributed by atoms with van der Waals surface area (Å²) in [5, 5.41) is 8.61. The largest absolute Gasteiger partial charge is 0.247 e. The van der Waals surface area contributed by atoms with E-state index in [1.807, 2.05) is 37.7 Å². The third kappa shape index (κ3) is 4.40. The summed E-state index contributed by atoms with van der Waals surface area (Å²) >= 11 is 0. The average molecular weight is 352 g/mol. The fourth-order valence-corrected chi connectivity index (χ4v) is 3.14. The van der Waals surface area contributed by atoms with Crippen molar-refractivity contribution in [2.24, 2.45) is 13.0 Å². The molecule has 0 spiro atoms. The monoisotopic (exact) mass is 351 g/mol. The van der Waals surface area contributed by atoms with Crippen LogP contribution in [0.25, 0.3) is 16.8 Å². The molecule has 0 bridgehead atoms. The number of nitrogens with zero attached hydrogens (tertiary/aromatic N) is 3. The third-order valence-corrected chi connectivity index (χ3v) is 4.15. The molecule has 1 aliphatic carbocycles. The number of aryl methyl sites for hydroxylation is 1. The Hall–Kier alpha value is -2.42. The quantitative estimate of drug-likeness (QED) is 0.641. The van der Waals surface area contributed by atoms with E-state index >= 15 is 0 Å². The number of fused-ring (bicyclic) bond motifs is 3. The molecule has 0 N–H and O–H groups in total. The lowest BCUT2D eigenvalue weighted by Gasteiger charge is -2.22. The Bertz CT molecular complexity index is 766. The van der Waals surface area contributed by atoms with Gasteiger partial charge in [-0.05, 0) is 23.5 Å². The van der Waals surface area contributed by atoms with Gasteiger partial charge in [-0.15, -0.1) is 5.10 Å². The number of hydrogen-bond donors (Lipinski definition) is 0. The topological polar surface area (TPSA) is 30.7 Å². The molecular formula is C23H33N3. The van der Waals surface area contributed by atoms with Gasteiger partial charge in [-0.2, -0.15) is 0 Å². The van der Waals surface area contributed by atoms with Crippen LogP contribution in [0.3, 0.4) is 0 Å². The molecule has 1 heterocycles. The zero-order valence-corrected chi connectivity index (χ0v) is 17.2. The van der Waals surface area contributed by atoms with Crippen molar-refractivity contribution in [3.63, 3.8) is 0 Å². The van der Waals surface area contributed by atoms with Crippen molar-refractivity contribution >= 4 is 5.57 Å². The molecule has 3 nitrogen and oxygen atoms in total. The van der Waals surface area contributed by atoms with Crippen molar-refractivity contribution < 1.29 is 0 Å². The van der Waals surface area contributed by atoms with Crippen molar-refractivity contribution in [2.45, 2.75) is 47.5 Å². The Kier molecular flexibility index (Phi) is 8.77. The normalized spacial score (nSPS) is 17.8. The average Bonchev–Trinajstić information content (AvgIpc) is 3.02. The van der Waals surface area contributed by atoms with Gasteiger partial charge in [-0.25, -0.2) is 4.68 Å². The van der Waals surface area contributed by atoms with E-state index in [0.29, 0.717) is 5.92 Å². The zero-order chi connectivity index (χ0) is 19.7. The summed E-state index contributed by atoms with van der Waals surface area (Å²) < 4.78 is 1.82. The molecule has 3 heteroatoms. The van der Waals surface area contributed by atoms with Crippen LogP contribution in [0, 0.1) is 5.92 Å². The van der Waals surface area contributed by atoms with Crippen LogP contribution in [-0.2, 0) is 13.5 Å². The SMILES string of the molecule is C=C/C1=C(\C=C)C(C)Cc2ccccc2-c2nnn(C)c21.CC.CCC. The zero-order valence-electron chi connectivity index (χ0n) is 17.2. The second-order valence-electron chi connectivity index (χ2n) is 6.16. The van der Waals surface area contributed by atoms with Crippen LogP contribution in [-0.4, -0.2) is 15.0 Å². The number of rotatable bonds is 2. The Labute approximate surface area is 159 Å². The van der Waals surface area contributed by atoms with Crippen molar-refractivity contribution in [1.29, 1.82) is 0 Å². The molecule has 1 aromatic heterocycles. The van der Waals surface area contributed by atoms with Gasteiger partial charge in [0.1, 0.15) is 5.69 Å². The van der Waals surface area contributed by atoms with E-state index in [0.717, 1.165) is 28.9 Å². The van der Waals surface area contributed by atoms with Crippen LogP contribution in [0.5, 0.6) is 0 Å². The van der Waals surface area contributed by atoms with Crippen LogP contribution in [0.2, 0.25) is 0 Å². The molecule has 0 saturated carbocycles. The number of hydrogen-bond acceptors (Lipinski definition) is 2. The minimum atomic E-state index is 0.375. The standard InChI is InChI=1S/C18H19N3.C3H8.C2H6/c1-5-14-12(3)11-13-9-7-8-10-16(13)17-18(15(14)6-2)21(4)20-19-17;1-3-2;1-2/h5-10,12H,1-2,11H2,3-4H3;3H2,1-2H3;1-2H3/b15-14-;;. The van der Waals surface area contributed by atoms with E-state index in [1.54, 1.807) is 0 Å². The van der Waals surface area contributed by atoms with Crippen molar-refractivity contribution in [3.05, 3.63) is 66.4 Å². The fraction of sp³-hybridized carbons (Fsp3) is 0.391. The minimum Gasteiger partial charge on any atom is -0.247 e. The molecule has 1 aromatic carbocycles. The summed E-state index contributed by atoms with van der Waals surface area (Å²) in [6, 6.07) is 8.42. The van der Waals surface area contributed by atoms with E-state index in [1.165, 1.54) is 17.6 Å². The smallest absolute Gasteiger partial charge is 0.121 e. The van der Waals surface area contributed by atoms with E-state index in [4.69, 9.17) is 0 Å². The lowest BCUT2D eigenvalue weighted by molar-refractivity contribution is 0.689. The molecule has 0 radical (unpaired) electrons. The van der Waals surface area contributed by atoms with Gasteiger partial charge < -0.3 is 0 Å². The predicted octanol–water partition coefficient (Wildman–Crippen LogP) is 6.24. The number of allylic oxidation sites excluding steroid dienone is 4. The van der Waals surface area contributed by atoms with Crippen LogP contribution >= 0.6 is 0 Å². The number of benzene rings is 1. The Morgan fingerprint density at radius 3 is 2.35 bits per heavy atom. The first-order valence-corrected chi connectivity index (χ1v) is 9.56. The van der Waals surface area contributed by atoms with Crippen LogP contribution < -0.4 is 0 Å². The number of aromatic nitrogens is 3. The van der Waals surface area contributed by atoms with Gasteiger partial charge in [-0.1, -0.05) is 95.8 Å². The van der Waals surface area contributed by atoms with Crippen molar-refractivity contribution in [3.8, 4) is 11.3 Å². The molecule has 26 heavy (non-hydrogen) atoms. The molecule has 1 aliphatic rings. The first-order valence-electron chi connectivity index (χ1n) is 9.56. The molecule has 0 aliphatic heterocycles. The lowest BCUT2D eigenvalue weighted by atomic mass is 9.83. The highest BCUT2D eigenvalue weighted by atomic mass is 15.4. The highest BCUT2D eigenvalue weighted by Crippen LogP contribution is 2.37. The van der Waals surface area contributed by atoms with Crippen molar-refractivity contribution in [2.75, 3.05) is 0 Å². The van der Waals surface area contributed by atoms with E-state index in [9.17, 15) is 0 Å². The van der Waals surface area contributed by atoms with Crippen LogP contribution in [0.4, 0.5) is 0 Å². The van der Waals surface area contributed by atoms with Gasteiger partial charge in [0.25, 0.3) is 0 Å². The summed E-state index contributed by atoms with van der Waals surface area (Å²) in [7, 11) is 1.92. The molecule has 0 saturated heterocycles. The molecule has 1 atom stereocenters. The van der Waals surface area contributed by atoms with Crippen molar-refractivity contribution in [1.82, 2.24) is 15.0 Å². The summed E-state index contributed by atoms with van der Waals surface area (Å²) in [6.07, 6.45) is 6.04. The van der Waals surface area contributed by atoms with E-state index < -0.39 is 0 Å². The second-order valence-corrected chi connectivity index (χ2v) is 6.16. The maximum atomic E-state index is 4.39. The minimum absolute atomic E-state index is 0.375. The molecule has 140 valence electrons. The molecule has 0 fully saturated rings. The summed E-state index contributed by atoms with van der Waals surface area (Å²) in [4.78, 5) is 0. The maximum absolute atomic E-state index is 4.39. The van der Waals surface area contributed by atoms with Gasteiger partial charge in [-0.3, -0.25) is 0 Å². The van der Waals surface area contributed by atoms with Gasteiger partial charge in [0.05, 0.1) is 5.69 Å². The molecule has 2 aromatic rings. The molecule has 0 amide bonds. The van der Waals surface area contributed by atoms with Gasteiger partial charge in [0.15, 0.2) is 0 Å².